The Morgan fingerprint density at radius 2 is 2.05 bits per heavy atom. The van der Waals surface area contributed by atoms with Crippen LogP contribution < -0.4 is 10.6 Å². The van der Waals surface area contributed by atoms with E-state index in [4.69, 9.17) is 5.73 Å². The van der Waals surface area contributed by atoms with Crippen LogP contribution in [0.2, 0.25) is 0 Å². The van der Waals surface area contributed by atoms with Crippen LogP contribution in [0.15, 0.2) is 24.3 Å². The average molecular weight is 276 g/mol. The number of amides is 1. The van der Waals surface area contributed by atoms with Crippen molar-refractivity contribution in [3.8, 4) is 0 Å². The second kappa shape index (κ2) is 5.63. The summed E-state index contributed by atoms with van der Waals surface area (Å²) in [5.41, 5.74) is 7.48. The zero-order valence-electron chi connectivity index (χ0n) is 11.7. The first-order chi connectivity index (χ1) is 9.41. The molecular formula is C15H20N2O3. The van der Waals surface area contributed by atoms with Gasteiger partial charge < -0.3 is 10.8 Å². The SMILES string of the molecule is CC(C)C[C@H](N)C(=O)N1c2ccccc2C[C@H]1C(=O)O. The lowest BCUT2D eigenvalue weighted by molar-refractivity contribution is -0.140. The van der Waals surface area contributed by atoms with Crippen LogP contribution in [0.25, 0.3) is 0 Å². The highest BCUT2D eigenvalue weighted by Gasteiger charge is 2.39. The molecule has 3 N–H and O–H groups in total. The Bertz CT molecular complexity index is 528. The Balaban J connectivity index is 2.31. The number of rotatable bonds is 4. The van der Waals surface area contributed by atoms with E-state index in [1.807, 2.05) is 26.0 Å². The second-order valence-electron chi connectivity index (χ2n) is 5.63. The predicted octanol–water partition coefficient (Wildman–Crippen LogP) is 1.40. The highest BCUT2D eigenvalue weighted by molar-refractivity contribution is 6.04. The quantitative estimate of drug-likeness (QED) is 0.870. The summed E-state index contributed by atoms with van der Waals surface area (Å²) in [6, 6.07) is 5.77. The fourth-order valence-electron chi connectivity index (χ4n) is 2.64. The zero-order valence-corrected chi connectivity index (χ0v) is 11.7. The number of fused-ring (bicyclic) bond motifs is 1. The monoisotopic (exact) mass is 276 g/mol. The van der Waals surface area contributed by atoms with Gasteiger partial charge in [0.1, 0.15) is 6.04 Å². The van der Waals surface area contributed by atoms with Crippen molar-refractivity contribution in [1.29, 1.82) is 0 Å². The smallest absolute Gasteiger partial charge is 0.327 e. The van der Waals surface area contributed by atoms with Gasteiger partial charge in [0.15, 0.2) is 0 Å². The van der Waals surface area contributed by atoms with Gasteiger partial charge in [-0.3, -0.25) is 9.69 Å². The number of benzene rings is 1. The van der Waals surface area contributed by atoms with Crippen molar-refractivity contribution >= 4 is 17.6 Å². The predicted molar refractivity (Wildman–Crippen MR) is 76.5 cm³/mol. The van der Waals surface area contributed by atoms with Crippen LogP contribution in [-0.2, 0) is 16.0 Å². The van der Waals surface area contributed by atoms with Gasteiger partial charge in [-0.05, 0) is 24.0 Å². The first kappa shape index (κ1) is 14.5. The molecule has 0 unspecified atom stereocenters. The normalized spacial score (nSPS) is 19.0. The number of aliphatic carboxylic acids is 1. The molecule has 0 spiro atoms. The van der Waals surface area contributed by atoms with E-state index in [1.54, 1.807) is 12.1 Å². The fourth-order valence-corrected chi connectivity index (χ4v) is 2.64. The Morgan fingerprint density at radius 3 is 2.65 bits per heavy atom. The van der Waals surface area contributed by atoms with Crippen LogP contribution in [0.1, 0.15) is 25.8 Å². The number of nitrogens with two attached hydrogens (primary N) is 1. The van der Waals surface area contributed by atoms with Gasteiger partial charge in [0.25, 0.3) is 0 Å². The summed E-state index contributed by atoms with van der Waals surface area (Å²) >= 11 is 0. The minimum absolute atomic E-state index is 0.287. The summed E-state index contributed by atoms with van der Waals surface area (Å²) in [6.45, 7) is 3.97. The summed E-state index contributed by atoms with van der Waals surface area (Å²) < 4.78 is 0. The van der Waals surface area contributed by atoms with Crippen molar-refractivity contribution in [2.45, 2.75) is 38.8 Å². The molecule has 5 heteroatoms. The molecule has 1 aromatic carbocycles. The molecule has 0 bridgehead atoms. The third-order valence-corrected chi connectivity index (χ3v) is 3.54. The van der Waals surface area contributed by atoms with E-state index in [0.29, 0.717) is 18.5 Å². The molecule has 1 aliphatic heterocycles. The average Bonchev–Trinajstić information content (AvgIpc) is 2.76. The molecule has 0 radical (unpaired) electrons. The van der Waals surface area contributed by atoms with Crippen molar-refractivity contribution in [2.24, 2.45) is 11.7 Å². The molecular weight excluding hydrogens is 256 g/mol. The maximum atomic E-state index is 12.5. The largest absolute Gasteiger partial charge is 0.480 e. The van der Waals surface area contributed by atoms with Crippen molar-refractivity contribution < 1.29 is 14.7 Å². The molecule has 2 atom stereocenters. The van der Waals surface area contributed by atoms with Gasteiger partial charge in [-0.25, -0.2) is 4.79 Å². The number of hydrogen-bond acceptors (Lipinski definition) is 3. The molecule has 108 valence electrons. The van der Waals surface area contributed by atoms with Gasteiger partial charge in [0, 0.05) is 12.1 Å². The van der Waals surface area contributed by atoms with E-state index in [-0.39, 0.29) is 11.8 Å². The third-order valence-electron chi connectivity index (χ3n) is 3.54. The lowest BCUT2D eigenvalue weighted by Crippen LogP contribution is -2.50. The maximum Gasteiger partial charge on any atom is 0.327 e. The van der Waals surface area contributed by atoms with Gasteiger partial charge in [0.2, 0.25) is 5.91 Å². The molecule has 0 aliphatic carbocycles. The standard InChI is InChI=1S/C15H20N2O3/c1-9(2)7-11(16)14(18)17-12-6-4-3-5-10(12)8-13(17)15(19)20/h3-6,9,11,13H,7-8,16H2,1-2H3,(H,19,20)/t11-,13-/m0/s1. The van der Waals surface area contributed by atoms with Gasteiger partial charge in [-0.15, -0.1) is 0 Å². The fraction of sp³-hybridized carbons (Fsp3) is 0.467. The Kier molecular flexibility index (Phi) is 4.09. The number of carboxylic acids is 1. The molecule has 1 aromatic rings. The number of carbonyl (C=O) groups is 2. The summed E-state index contributed by atoms with van der Waals surface area (Å²) in [5, 5.41) is 9.33. The summed E-state index contributed by atoms with van der Waals surface area (Å²) in [6.07, 6.45) is 0.884. The molecule has 2 rings (SSSR count). The number of carboxylic acid groups (broad SMARTS) is 1. The van der Waals surface area contributed by atoms with Crippen LogP contribution in [0, 0.1) is 5.92 Å². The first-order valence-corrected chi connectivity index (χ1v) is 6.81. The lowest BCUT2D eigenvalue weighted by Gasteiger charge is -2.26. The molecule has 20 heavy (non-hydrogen) atoms. The molecule has 1 heterocycles. The highest BCUT2D eigenvalue weighted by Crippen LogP contribution is 2.32. The number of hydrogen-bond donors (Lipinski definition) is 2. The minimum Gasteiger partial charge on any atom is -0.480 e. The second-order valence-corrected chi connectivity index (χ2v) is 5.63. The first-order valence-electron chi connectivity index (χ1n) is 6.81. The van der Waals surface area contributed by atoms with Crippen molar-refractivity contribution in [1.82, 2.24) is 0 Å². The van der Waals surface area contributed by atoms with E-state index in [2.05, 4.69) is 0 Å². The topological polar surface area (TPSA) is 83.6 Å². The van der Waals surface area contributed by atoms with Crippen molar-refractivity contribution in [2.75, 3.05) is 4.90 Å². The van der Waals surface area contributed by atoms with Crippen molar-refractivity contribution in [3.05, 3.63) is 29.8 Å². The van der Waals surface area contributed by atoms with Crippen molar-refractivity contribution in [3.63, 3.8) is 0 Å². The molecule has 5 nitrogen and oxygen atoms in total. The molecule has 0 saturated heterocycles. The van der Waals surface area contributed by atoms with E-state index >= 15 is 0 Å². The third kappa shape index (κ3) is 2.67. The minimum atomic E-state index is -0.994. The summed E-state index contributed by atoms with van der Waals surface area (Å²) in [5.74, 6) is -1.02. The zero-order chi connectivity index (χ0) is 14.9. The van der Waals surface area contributed by atoms with Crippen LogP contribution in [0.4, 0.5) is 5.69 Å². The molecule has 1 amide bonds. The molecule has 1 aliphatic rings. The van der Waals surface area contributed by atoms with Crippen LogP contribution in [-0.4, -0.2) is 29.1 Å². The van der Waals surface area contributed by atoms with Crippen LogP contribution in [0.5, 0.6) is 0 Å². The highest BCUT2D eigenvalue weighted by atomic mass is 16.4. The van der Waals surface area contributed by atoms with Crippen LogP contribution in [0.3, 0.4) is 0 Å². The molecule has 0 aromatic heterocycles. The number of anilines is 1. The van der Waals surface area contributed by atoms with E-state index in [1.165, 1.54) is 4.90 Å². The summed E-state index contributed by atoms with van der Waals surface area (Å²) in [4.78, 5) is 25.2. The van der Waals surface area contributed by atoms with E-state index in [9.17, 15) is 14.7 Å². The molecule has 0 saturated carbocycles. The van der Waals surface area contributed by atoms with E-state index < -0.39 is 18.1 Å². The van der Waals surface area contributed by atoms with E-state index in [0.717, 1.165) is 5.56 Å². The Labute approximate surface area is 118 Å². The van der Waals surface area contributed by atoms with Crippen LogP contribution >= 0.6 is 0 Å². The lowest BCUT2D eigenvalue weighted by atomic mass is 10.0. The van der Waals surface area contributed by atoms with Gasteiger partial charge in [-0.1, -0.05) is 32.0 Å². The van der Waals surface area contributed by atoms with Gasteiger partial charge >= 0.3 is 5.97 Å². The number of nitrogens with zero attached hydrogens (tertiary/aromatic N) is 1. The Hall–Kier alpha value is -1.88. The summed E-state index contributed by atoms with van der Waals surface area (Å²) in [7, 11) is 0. The Morgan fingerprint density at radius 1 is 1.40 bits per heavy atom. The number of carbonyl (C=O) groups excluding carboxylic acids is 1. The molecule has 0 fully saturated rings. The maximum absolute atomic E-state index is 12.5. The van der Waals surface area contributed by atoms with Gasteiger partial charge in [0.05, 0.1) is 6.04 Å². The number of para-hydroxylation sites is 1. The van der Waals surface area contributed by atoms with Gasteiger partial charge in [-0.2, -0.15) is 0 Å².